The Hall–Kier alpha value is -1.72. The van der Waals surface area contributed by atoms with Gasteiger partial charge in [-0.1, -0.05) is 11.6 Å². The smallest absolute Gasteiger partial charge is 0.261 e. The number of methoxy groups -OCH3 is 1. The maximum absolute atomic E-state index is 12.3. The molecule has 0 heterocycles. The monoisotopic (exact) mass is 311 g/mol. The van der Waals surface area contributed by atoms with Crippen molar-refractivity contribution in [3.8, 4) is 5.75 Å². The summed E-state index contributed by atoms with van der Waals surface area (Å²) in [5.41, 5.74) is 1.22. The summed E-state index contributed by atoms with van der Waals surface area (Å²) < 4.78 is 32.1. The highest BCUT2D eigenvalue weighted by molar-refractivity contribution is 7.92. The summed E-state index contributed by atoms with van der Waals surface area (Å²) in [4.78, 5) is 0.186. The van der Waals surface area contributed by atoms with Crippen molar-refractivity contribution in [2.75, 3.05) is 11.8 Å². The Balaban J connectivity index is 2.30. The fourth-order valence-electron chi connectivity index (χ4n) is 1.75. The van der Waals surface area contributed by atoms with E-state index in [-0.39, 0.29) is 4.90 Å². The topological polar surface area (TPSA) is 55.4 Å². The van der Waals surface area contributed by atoms with Crippen molar-refractivity contribution in [2.45, 2.75) is 11.8 Å². The lowest BCUT2D eigenvalue weighted by Gasteiger charge is -2.10. The molecule has 0 aromatic heterocycles. The molecule has 0 saturated carbocycles. The minimum absolute atomic E-state index is 0.186. The van der Waals surface area contributed by atoms with Gasteiger partial charge >= 0.3 is 0 Å². The van der Waals surface area contributed by atoms with Gasteiger partial charge in [-0.15, -0.1) is 0 Å². The van der Waals surface area contributed by atoms with Crippen molar-refractivity contribution in [3.05, 3.63) is 53.1 Å². The number of hydrogen-bond acceptors (Lipinski definition) is 3. The molecule has 2 rings (SSSR count). The van der Waals surface area contributed by atoms with Gasteiger partial charge in [0.1, 0.15) is 5.75 Å². The Bertz CT molecular complexity index is 712. The van der Waals surface area contributed by atoms with Crippen LogP contribution in [0.3, 0.4) is 0 Å². The lowest BCUT2D eigenvalue weighted by atomic mass is 10.2. The zero-order valence-corrected chi connectivity index (χ0v) is 12.6. The third-order valence-electron chi connectivity index (χ3n) is 2.77. The van der Waals surface area contributed by atoms with E-state index < -0.39 is 10.0 Å². The first-order valence-corrected chi connectivity index (χ1v) is 7.71. The zero-order chi connectivity index (χ0) is 14.8. The van der Waals surface area contributed by atoms with Crippen LogP contribution in [0.5, 0.6) is 5.75 Å². The largest absolute Gasteiger partial charge is 0.496 e. The van der Waals surface area contributed by atoms with Gasteiger partial charge in [-0.3, -0.25) is 4.72 Å². The molecule has 0 radical (unpaired) electrons. The number of halogens is 1. The second-order valence-electron chi connectivity index (χ2n) is 4.24. The highest BCUT2D eigenvalue weighted by Crippen LogP contribution is 2.23. The fraction of sp³-hybridized carbons (Fsp3) is 0.143. The molecule has 0 atom stereocenters. The van der Waals surface area contributed by atoms with Crippen LogP contribution < -0.4 is 9.46 Å². The molecule has 106 valence electrons. The van der Waals surface area contributed by atoms with Crippen molar-refractivity contribution in [2.24, 2.45) is 0 Å². The summed E-state index contributed by atoms with van der Waals surface area (Å²) in [5, 5.41) is 0.549. The van der Waals surface area contributed by atoms with Crippen LogP contribution >= 0.6 is 11.6 Å². The maximum atomic E-state index is 12.3. The highest BCUT2D eigenvalue weighted by Gasteiger charge is 2.15. The van der Waals surface area contributed by atoms with E-state index in [0.29, 0.717) is 16.5 Å². The maximum Gasteiger partial charge on any atom is 0.261 e. The molecule has 20 heavy (non-hydrogen) atoms. The van der Waals surface area contributed by atoms with Crippen LogP contribution in [0.4, 0.5) is 5.69 Å². The Morgan fingerprint density at radius 1 is 1.10 bits per heavy atom. The van der Waals surface area contributed by atoms with Gasteiger partial charge in [0.05, 0.1) is 12.0 Å². The van der Waals surface area contributed by atoms with Crippen LogP contribution in [-0.2, 0) is 10.0 Å². The number of rotatable bonds is 4. The van der Waals surface area contributed by atoms with Gasteiger partial charge < -0.3 is 4.74 Å². The third kappa shape index (κ3) is 3.23. The van der Waals surface area contributed by atoms with Crippen LogP contribution in [0.25, 0.3) is 0 Å². The minimum atomic E-state index is -3.62. The average Bonchev–Trinajstić information content (AvgIpc) is 2.41. The van der Waals surface area contributed by atoms with Crippen LogP contribution in [0, 0.1) is 6.92 Å². The molecule has 2 aromatic rings. The van der Waals surface area contributed by atoms with Gasteiger partial charge in [-0.05, 0) is 55.0 Å². The second-order valence-corrected chi connectivity index (χ2v) is 6.36. The molecular weight excluding hydrogens is 298 g/mol. The Morgan fingerprint density at radius 2 is 1.75 bits per heavy atom. The van der Waals surface area contributed by atoms with Gasteiger partial charge in [0.25, 0.3) is 10.0 Å². The van der Waals surface area contributed by atoms with Gasteiger partial charge in [-0.25, -0.2) is 8.42 Å². The van der Waals surface area contributed by atoms with Crippen LogP contribution in [0.1, 0.15) is 5.56 Å². The minimum Gasteiger partial charge on any atom is -0.496 e. The van der Waals surface area contributed by atoms with Crippen molar-refractivity contribution in [1.82, 2.24) is 0 Å². The van der Waals surface area contributed by atoms with E-state index in [1.54, 1.807) is 50.4 Å². The number of aryl methyl sites for hydroxylation is 1. The second kappa shape index (κ2) is 5.73. The predicted molar refractivity (Wildman–Crippen MR) is 80.0 cm³/mol. The molecule has 0 bridgehead atoms. The molecule has 0 saturated heterocycles. The number of hydrogen-bond donors (Lipinski definition) is 1. The summed E-state index contributed by atoms with van der Waals surface area (Å²) in [6, 6.07) is 11.2. The summed E-state index contributed by atoms with van der Waals surface area (Å²) in [5.74, 6) is 0.649. The Kier molecular flexibility index (Phi) is 4.20. The van der Waals surface area contributed by atoms with E-state index in [4.69, 9.17) is 16.3 Å². The Labute approximate surface area is 123 Å². The van der Waals surface area contributed by atoms with Gasteiger partial charge in [0.2, 0.25) is 0 Å². The number of nitrogens with one attached hydrogen (secondary N) is 1. The normalized spacial score (nSPS) is 11.2. The summed E-state index contributed by atoms with van der Waals surface area (Å²) >= 11 is 5.76. The molecule has 6 heteroatoms. The first-order valence-electron chi connectivity index (χ1n) is 5.85. The molecule has 0 amide bonds. The van der Waals surface area contributed by atoms with E-state index in [0.717, 1.165) is 5.56 Å². The van der Waals surface area contributed by atoms with Gasteiger partial charge in [0, 0.05) is 10.7 Å². The molecule has 0 aliphatic carbocycles. The lowest BCUT2D eigenvalue weighted by Crippen LogP contribution is -2.13. The first kappa shape index (κ1) is 14.7. The van der Waals surface area contributed by atoms with Crippen molar-refractivity contribution < 1.29 is 13.2 Å². The van der Waals surface area contributed by atoms with Gasteiger partial charge in [-0.2, -0.15) is 0 Å². The lowest BCUT2D eigenvalue weighted by molar-refractivity contribution is 0.411. The first-order chi connectivity index (χ1) is 9.42. The molecule has 0 fully saturated rings. The molecule has 0 aliphatic heterocycles. The molecular formula is C14H14ClNO3S. The number of ether oxygens (including phenoxy) is 1. The number of anilines is 1. The zero-order valence-electron chi connectivity index (χ0n) is 11.1. The summed E-state index contributed by atoms with van der Waals surface area (Å²) in [6.45, 7) is 1.79. The standard InChI is InChI=1S/C14H14ClNO3S/c1-10-9-13(7-8-14(10)19-2)20(17,18)16-12-5-3-11(15)4-6-12/h3-9,16H,1-2H3. The SMILES string of the molecule is COc1ccc(S(=O)(=O)Nc2ccc(Cl)cc2)cc1C. The van der Waals surface area contributed by atoms with Crippen molar-refractivity contribution in [3.63, 3.8) is 0 Å². The summed E-state index contributed by atoms with van der Waals surface area (Å²) in [6.07, 6.45) is 0. The number of benzene rings is 2. The average molecular weight is 312 g/mol. The molecule has 1 N–H and O–H groups in total. The van der Waals surface area contributed by atoms with E-state index in [9.17, 15) is 8.42 Å². The summed E-state index contributed by atoms with van der Waals surface area (Å²) in [7, 11) is -2.08. The van der Waals surface area contributed by atoms with E-state index in [1.807, 2.05) is 0 Å². The Morgan fingerprint density at radius 3 is 2.30 bits per heavy atom. The quantitative estimate of drug-likeness (QED) is 0.940. The number of sulfonamides is 1. The molecule has 2 aromatic carbocycles. The van der Waals surface area contributed by atoms with Crippen LogP contribution in [0.15, 0.2) is 47.4 Å². The van der Waals surface area contributed by atoms with Crippen molar-refractivity contribution >= 4 is 27.3 Å². The van der Waals surface area contributed by atoms with Crippen molar-refractivity contribution in [1.29, 1.82) is 0 Å². The molecule has 4 nitrogen and oxygen atoms in total. The molecule has 0 spiro atoms. The highest BCUT2D eigenvalue weighted by atomic mass is 35.5. The van der Waals surface area contributed by atoms with Crippen LogP contribution in [0.2, 0.25) is 5.02 Å². The fourth-order valence-corrected chi connectivity index (χ4v) is 3.02. The van der Waals surface area contributed by atoms with Crippen LogP contribution in [-0.4, -0.2) is 15.5 Å². The van der Waals surface area contributed by atoms with E-state index in [1.165, 1.54) is 6.07 Å². The van der Waals surface area contributed by atoms with E-state index >= 15 is 0 Å². The molecule has 0 unspecified atom stereocenters. The van der Waals surface area contributed by atoms with E-state index in [2.05, 4.69) is 4.72 Å². The third-order valence-corrected chi connectivity index (χ3v) is 4.40. The molecule has 0 aliphatic rings. The van der Waals surface area contributed by atoms with Gasteiger partial charge in [0.15, 0.2) is 0 Å². The predicted octanol–water partition coefficient (Wildman–Crippen LogP) is 3.46.